The van der Waals surface area contributed by atoms with Crippen LogP contribution < -0.4 is 16.0 Å². The maximum atomic E-state index is 13.3. The van der Waals surface area contributed by atoms with Gasteiger partial charge < -0.3 is 21.1 Å². The van der Waals surface area contributed by atoms with Crippen LogP contribution in [-0.4, -0.2) is 42.2 Å². The van der Waals surface area contributed by atoms with Crippen LogP contribution in [-0.2, 0) is 11.2 Å². The fourth-order valence-corrected chi connectivity index (χ4v) is 4.90. The summed E-state index contributed by atoms with van der Waals surface area (Å²) in [7, 11) is 0. The van der Waals surface area contributed by atoms with Gasteiger partial charge in [-0.1, -0.05) is 43.2 Å². The number of anilines is 1. The van der Waals surface area contributed by atoms with Gasteiger partial charge in [0.1, 0.15) is 0 Å². The van der Waals surface area contributed by atoms with Crippen molar-refractivity contribution in [2.45, 2.75) is 63.0 Å². The topological polar surface area (TPSA) is 95.7 Å². The van der Waals surface area contributed by atoms with Crippen LogP contribution in [0.2, 0.25) is 0 Å². The number of nitrogens with one attached hydrogen (secondary N) is 1. The monoisotopic (exact) mass is 435 g/mol. The Morgan fingerprint density at radius 3 is 2.53 bits per heavy atom. The van der Waals surface area contributed by atoms with Crippen LogP contribution in [0.3, 0.4) is 0 Å². The van der Waals surface area contributed by atoms with E-state index >= 15 is 0 Å². The second-order valence-electron chi connectivity index (χ2n) is 9.02. The summed E-state index contributed by atoms with van der Waals surface area (Å²) in [4.78, 5) is 27.5. The average molecular weight is 436 g/mol. The van der Waals surface area contributed by atoms with E-state index in [0.717, 1.165) is 36.1 Å². The molecule has 2 atom stereocenters. The van der Waals surface area contributed by atoms with Crippen LogP contribution in [0, 0.1) is 0 Å². The summed E-state index contributed by atoms with van der Waals surface area (Å²) in [6.07, 6.45) is 5.65. The summed E-state index contributed by atoms with van der Waals surface area (Å²) in [6, 6.07) is 15.1. The van der Waals surface area contributed by atoms with E-state index in [2.05, 4.69) is 11.4 Å². The van der Waals surface area contributed by atoms with Crippen molar-refractivity contribution in [2.75, 3.05) is 18.0 Å². The highest BCUT2D eigenvalue weighted by atomic mass is 16.3. The van der Waals surface area contributed by atoms with Gasteiger partial charge in [0.2, 0.25) is 5.91 Å². The molecule has 1 saturated heterocycles. The number of hydrogen-bond acceptors (Lipinski definition) is 4. The largest absolute Gasteiger partial charge is 0.390 e. The van der Waals surface area contributed by atoms with Gasteiger partial charge in [-0.25, -0.2) is 0 Å². The smallest absolute Gasteiger partial charge is 0.251 e. The van der Waals surface area contributed by atoms with Crippen molar-refractivity contribution >= 4 is 17.5 Å². The van der Waals surface area contributed by atoms with E-state index in [1.165, 1.54) is 12.8 Å². The van der Waals surface area contributed by atoms with Crippen LogP contribution in [0.1, 0.15) is 65.9 Å². The van der Waals surface area contributed by atoms with Crippen molar-refractivity contribution in [3.05, 3.63) is 65.2 Å². The molecule has 1 heterocycles. The summed E-state index contributed by atoms with van der Waals surface area (Å²) in [5.74, 6) is 0.292. The van der Waals surface area contributed by atoms with Crippen molar-refractivity contribution in [3.63, 3.8) is 0 Å². The molecule has 0 radical (unpaired) electrons. The molecule has 6 nitrogen and oxygen atoms in total. The van der Waals surface area contributed by atoms with Crippen molar-refractivity contribution < 1.29 is 14.7 Å². The van der Waals surface area contributed by atoms with E-state index in [1.54, 1.807) is 4.90 Å². The minimum atomic E-state index is -0.850. The van der Waals surface area contributed by atoms with Crippen molar-refractivity contribution in [1.29, 1.82) is 0 Å². The maximum Gasteiger partial charge on any atom is 0.251 e. The van der Waals surface area contributed by atoms with E-state index in [1.807, 2.05) is 42.5 Å². The number of rotatable bonds is 8. The predicted octanol–water partition coefficient (Wildman–Crippen LogP) is 3.13. The van der Waals surface area contributed by atoms with E-state index in [0.29, 0.717) is 30.9 Å². The normalized spacial score (nSPS) is 18.7. The Labute approximate surface area is 189 Å². The van der Waals surface area contributed by atoms with Crippen molar-refractivity contribution in [3.8, 4) is 0 Å². The Morgan fingerprint density at radius 1 is 1.12 bits per heavy atom. The van der Waals surface area contributed by atoms with Crippen molar-refractivity contribution in [1.82, 2.24) is 5.32 Å². The lowest BCUT2D eigenvalue weighted by Crippen LogP contribution is -2.47. The number of nitrogens with two attached hydrogens (primary N) is 1. The third-order valence-electron chi connectivity index (χ3n) is 6.73. The number of nitrogens with zero attached hydrogens (tertiary/aromatic N) is 1. The fourth-order valence-electron chi connectivity index (χ4n) is 4.90. The lowest BCUT2D eigenvalue weighted by atomic mass is 9.94. The summed E-state index contributed by atoms with van der Waals surface area (Å²) in [5.41, 5.74) is 9.21. The Morgan fingerprint density at radius 2 is 1.88 bits per heavy atom. The summed E-state index contributed by atoms with van der Waals surface area (Å²) in [6.45, 7) is 0.754. The minimum Gasteiger partial charge on any atom is -0.390 e. The first-order valence-corrected chi connectivity index (χ1v) is 11.7. The molecule has 6 heteroatoms. The fraction of sp³-hybridized carbons (Fsp3) is 0.462. The highest BCUT2D eigenvalue weighted by Gasteiger charge is 2.27. The molecule has 0 bridgehead atoms. The zero-order chi connectivity index (χ0) is 22.5. The van der Waals surface area contributed by atoms with Crippen LogP contribution in [0.25, 0.3) is 0 Å². The van der Waals surface area contributed by atoms with Gasteiger partial charge in [-0.3, -0.25) is 9.59 Å². The van der Waals surface area contributed by atoms with E-state index < -0.39 is 12.1 Å². The number of carbonyl (C=O) groups excluding carboxylic acids is 2. The minimum absolute atomic E-state index is 0.0629. The molecule has 1 aliphatic heterocycles. The zero-order valence-electron chi connectivity index (χ0n) is 18.5. The Hall–Kier alpha value is -2.70. The van der Waals surface area contributed by atoms with Gasteiger partial charge in [0.15, 0.2) is 0 Å². The molecule has 170 valence electrons. The molecule has 2 aliphatic rings. The molecule has 1 saturated carbocycles. The molecule has 32 heavy (non-hydrogen) atoms. The molecule has 2 aromatic carbocycles. The maximum absolute atomic E-state index is 13.3. The van der Waals surface area contributed by atoms with Gasteiger partial charge >= 0.3 is 0 Å². The van der Waals surface area contributed by atoms with E-state index in [4.69, 9.17) is 5.73 Å². The third-order valence-corrected chi connectivity index (χ3v) is 6.73. The van der Waals surface area contributed by atoms with Crippen LogP contribution in [0.4, 0.5) is 5.69 Å². The van der Waals surface area contributed by atoms with E-state index in [-0.39, 0.29) is 18.4 Å². The molecule has 4 N–H and O–H groups in total. The van der Waals surface area contributed by atoms with Gasteiger partial charge in [0.25, 0.3) is 5.91 Å². The molecule has 0 unspecified atom stereocenters. The molecule has 1 aliphatic carbocycles. The second-order valence-corrected chi connectivity index (χ2v) is 9.02. The summed E-state index contributed by atoms with van der Waals surface area (Å²) < 4.78 is 0. The summed E-state index contributed by atoms with van der Waals surface area (Å²) in [5, 5.41) is 13.5. The predicted molar refractivity (Wildman–Crippen MR) is 126 cm³/mol. The first-order valence-electron chi connectivity index (χ1n) is 11.7. The molecule has 2 fully saturated rings. The quantitative estimate of drug-likeness (QED) is 0.594. The highest BCUT2D eigenvalue weighted by molar-refractivity contribution is 5.99. The number of aliphatic hydroxyl groups excluding tert-OH is 1. The number of aliphatic hydroxyl groups is 1. The molecule has 0 aromatic heterocycles. The lowest BCUT2D eigenvalue weighted by Gasteiger charge is -2.25. The molecule has 2 amide bonds. The van der Waals surface area contributed by atoms with Crippen LogP contribution >= 0.6 is 0 Å². The first-order chi connectivity index (χ1) is 15.5. The molecular weight excluding hydrogens is 402 g/mol. The Balaban J connectivity index is 1.60. The molecule has 4 rings (SSSR count). The molecular formula is C26H33N3O3. The van der Waals surface area contributed by atoms with Gasteiger partial charge in [0.05, 0.1) is 12.1 Å². The molecule has 2 aromatic rings. The lowest BCUT2D eigenvalue weighted by molar-refractivity contribution is -0.117. The summed E-state index contributed by atoms with van der Waals surface area (Å²) >= 11 is 0. The van der Waals surface area contributed by atoms with Crippen molar-refractivity contribution in [2.24, 2.45) is 5.73 Å². The zero-order valence-corrected chi connectivity index (χ0v) is 18.5. The van der Waals surface area contributed by atoms with Gasteiger partial charge in [-0.05, 0) is 60.9 Å². The third kappa shape index (κ3) is 5.19. The number of benzene rings is 2. The Bertz CT molecular complexity index is 941. The van der Waals surface area contributed by atoms with E-state index in [9.17, 15) is 14.7 Å². The number of amides is 2. The SMILES string of the molecule is NC[C@@H](O)[C@H](Cc1ccccc1)NC(=O)c1cc(C2CCCC2)cc(N2CCCC2=O)c1. The second kappa shape index (κ2) is 10.3. The highest BCUT2D eigenvalue weighted by Crippen LogP contribution is 2.37. The standard InChI is InChI=1S/C26H33N3O3/c27-17-24(30)23(13-18-7-2-1-3-8-18)28-26(32)21-14-20(19-9-4-5-10-19)15-22(16-21)29-12-6-11-25(29)31/h1-3,7-8,14-16,19,23-24,30H,4-6,9-13,17,27H2,(H,28,32)/t23-,24+/m0/s1. The Kier molecular flexibility index (Phi) is 7.22. The van der Waals surface area contributed by atoms with Crippen LogP contribution in [0.5, 0.6) is 0 Å². The van der Waals surface area contributed by atoms with Gasteiger partial charge in [0, 0.05) is 30.8 Å². The number of carbonyl (C=O) groups is 2. The first kappa shape index (κ1) is 22.5. The molecule has 0 spiro atoms. The van der Waals surface area contributed by atoms with Gasteiger partial charge in [-0.15, -0.1) is 0 Å². The van der Waals surface area contributed by atoms with Gasteiger partial charge in [-0.2, -0.15) is 0 Å². The average Bonchev–Trinajstić information content (AvgIpc) is 3.50. The number of hydrogen-bond donors (Lipinski definition) is 3. The van der Waals surface area contributed by atoms with Crippen LogP contribution in [0.15, 0.2) is 48.5 Å².